The molecular formula is C19H24Cl2N4O2S. The van der Waals surface area contributed by atoms with Gasteiger partial charge in [0, 0.05) is 37.7 Å². The number of halogens is 2. The number of sulfonamides is 1. The number of guanidine groups is 1. The maximum atomic E-state index is 12.5. The smallest absolute Gasteiger partial charge is 0.242 e. The molecule has 2 aromatic rings. The summed E-state index contributed by atoms with van der Waals surface area (Å²) in [5, 5.41) is 7.53. The summed E-state index contributed by atoms with van der Waals surface area (Å²) in [7, 11) is 1.13. The van der Waals surface area contributed by atoms with Crippen LogP contribution in [0.5, 0.6) is 0 Å². The lowest BCUT2D eigenvalue weighted by molar-refractivity contribution is 0.519. The number of benzene rings is 2. The SMILES string of the molecule is CN=C(NCc1ccccc1S(=O)(=O)N(C)C)NC(C)c1ccc(Cl)cc1Cl. The van der Waals surface area contributed by atoms with Gasteiger partial charge in [-0.05, 0) is 36.2 Å². The number of nitrogens with one attached hydrogen (secondary N) is 2. The van der Waals surface area contributed by atoms with Gasteiger partial charge in [-0.15, -0.1) is 0 Å². The molecule has 152 valence electrons. The summed E-state index contributed by atoms with van der Waals surface area (Å²) in [4.78, 5) is 4.47. The molecule has 2 N–H and O–H groups in total. The largest absolute Gasteiger partial charge is 0.352 e. The van der Waals surface area contributed by atoms with Crippen LogP contribution in [0.2, 0.25) is 10.0 Å². The van der Waals surface area contributed by atoms with E-state index in [1.807, 2.05) is 13.0 Å². The van der Waals surface area contributed by atoms with Crippen molar-refractivity contribution in [2.24, 2.45) is 4.99 Å². The second kappa shape index (κ2) is 9.60. The molecular weight excluding hydrogens is 419 g/mol. The molecule has 0 amide bonds. The highest BCUT2D eigenvalue weighted by molar-refractivity contribution is 7.89. The minimum atomic E-state index is -3.53. The van der Waals surface area contributed by atoms with Crippen LogP contribution >= 0.6 is 23.2 Å². The Kier molecular flexibility index (Phi) is 7.71. The summed E-state index contributed by atoms with van der Waals surface area (Å²) in [6.45, 7) is 2.25. The lowest BCUT2D eigenvalue weighted by Crippen LogP contribution is -2.38. The first kappa shape index (κ1) is 22.5. The van der Waals surface area contributed by atoms with Gasteiger partial charge >= 0.3 is 0 Å². The third-order valence-electron chi connectivity index (χ3n) is 4.18. The molecule has 0 saturated carbocycles. The average Bonchev–Trinajstić information content (AvgIpc) is 2.64. The molecule has 2 rings (SSSR count). The van der Waals surface area contributed by atoms with Gasteiger partial charge in [0.2, 0.25) is 10.0 Å². The van der Waals surface area contributed by atoms with Crippen LogP contribution in [0.4, 0.5) is 0 Å². The molecule has 1 atom stereocenters. The Hall–Kier alpha value is -1.80. The fourth-order valence-corrected chi connectivity index (χ4v) is 4.29. The maximum absolute atomic E-state index is 12.5. The van der Waals surface area contributed by atoms with Crippen LogP contribution in [0.1, 0.15) is 24.1 Å². The van der Waals surface area contributed by atoms with Crippen LogP contribution in [0.3, 0.4) is 0 Å². The molecule has 0 aliphatic heterocycles. The lowest BCUT2D eigenvalue weighted by Gasteiger charge is -2.20. The van der Waals surface area contributed by atoms with E-state index in [1.165, 1.54) is 18.4 Å². The number of hydrogen-bond acceptors (Lipinski definition) is 3. The molecule has 1 unspecified atom stereocenters. The van der Waals surface area contributed by atoms with E-state index in [1.54, 1.807) is 43.4 Å². The Bertz CT molecular complexity index is 962. The normalized spacial score (nSPS) is 13.5. The molecule has 0 fully saturated rings. The van der Waals surface area contributed by atoms with Crippen molar-refractivity contribution in [1.29, 1.82) is 0 Å². The Balaban J connectivity index is 2.13. The van der Waals surface area contributed by atoms with E-state index in [2.05, 4.69) is 15.6 Å². The van der Waals surface area contributed by atoms with Crippen LogP contribution in [0, 0.1) is 0 Å². The van der Waals surface area contributed by atoms with Crippen molar-refractivity contribution in [3.8, 4) is 0 Å². The van der Waals surface area contributed by atoms with Crippen molar-refractivity contribution >= 4 is 39.2 Å². The summed E-state index contributed by atoms with van der Waals surface area (Å²) in [6, 6.07) is 12.1. The van der Waals surface area contributed by atoms with Crippen molar-refractivity contribution < 1.29 is 8.42 Å². The molecule has 0 aliphatic rings. The molecule has 28 heavy (non-hydrogen) atoms. The Morgan fingerprint density at radius 1 is 1.18 bits per heavy atom. The summed E-state index contributed by atoms with van der Waals surface area (Å²) < 4.78 is 26.2. The van der Waals surface area contributed by atoms with Gasteiger partial charge in [0.15, 0.2) is 5.96 Å². The Morgan fingerprint density at radius 2 is 1.86 bits per heavy atom. The van der Waals surface area contributed by atoms with E-state index in [4.69, 9.17) is 23.2 Å². The number of rotatable bonds is 6. The highest BCUT2D eigenvalue weighted by Gasteiger charge is 2.21. The first-order chi connectivity index (χ1) is 13.2. The van der Waals surface area contributed by atoms with Crippen LogP contribution < -0.4 is 10.6 Å². The number of aliphatic imine (C=N–C) groups is 1. The quantitative estimate of drug-likeness (QED) is 0.528. The van der Waals surface area contributed by atoms with Gasteiger partial charge in [-0.3, -0.25) is 4.99 Å². The Labute approximate surface area is 176 Å². The molecule has 0 aromatic heterocycles. The van der Waals surface area contributed by atoms with E-state index in [0.29, 0.717) is 28.1 Å². The fourth-order valence-electron chi connectivity index (χ4n) is 2.61. The minimum absolute atomic E-state index is 0.128. The Morgan fingerprint density at radius 3 is 2.46 bits per heavy atom. The first-order valence-corrected chi connectivity index (χ1v) is 10.8. The summed E-state index contributed by atoms with van der Waals surface area (Å²) in [6.07, 6.45) is 0. The van der Waals surface area contributed by atoms with Crippen molar-refractivity contribution in [2.75, 3.05) is 21.1 Å². The zero-order valence-electron chi connectivity index (χ0n) is 16.2. The van der Waals surface area contributed by atoms with E-state index < -0.39 is 10.0 Å². The van der Waals surface area contributed by atoms with Crippen LogP contribution in [0.25, 0.3) is 0 Å². The molecule has 6 nitrogen and oxygen atoms in total. The molecule has 0 heterocycles. The third kappa shape index (κ3) is 5.38. The molecule has 0 radical (unpaired) electrons. The highest BCUT2D eigenvalue weighted by Crippen LogP contribution is 2.26. The van der Waals surface area contributed by atoms with Crippen molar-refractivity contribution in [1.82, 2.24) is 14.9 Å². The van der Waals surface area contributed by atoms with Gasteiger partial charge < -0.3 is 10.6 Å². The summed E-state index contributed by atoms with van der Waals surface area (Å²) >= 11 is 12.2. The van der Waals surface area contributed by atoms with E-state index in [0.717, 1.165) is 5.56 Å². The van der Waals surface area contributed by atoms with E-state index in [-0.39, 0.29) is 10.9 Å². The fraction of sp³-hybridized carbons (Fsp3) is 0.316. The third-order valence-corrected chi connectivity index (χ3v) is 6.66. The summed E-state index contributed by atoms with van der Waals surface area (Å²) in [5.41, 5.74) is 1.53. The molecule has 2 aromatic carbocycles. The van der Waals surface area contributed by atoms with Gasteiger partial charge in [0.05, 0.1) is 10.9 Å². The molecule has 0 aliphatic carbocycles. The zero-order chi connectivity index (χ0) is 20.9. The van der Waals surface area contributed by atoms with Gasteiger partial charge in [0.1, 0.15) is 0 Å². The number of hydrogen-bond donors (Lipinski definition) is 2. The maximum Gasteiger partial charge on any atom is 0.242 e. The second-order valence-corrected chi connectivity index (χ2v) is 9.32. The van der Waals surface area contributed by atoms with Gasteiger partial charge in [-0.2, -0.15) is 0 Å². The van der Waals surface area contributed by atoms with Crippen molar-refractivity contribution in [3.63, 3.8) is 0 Å². The van der Waals surface area contributed by atoms with Gasteiger partial charge in [-0.25, -0.2) is 12.7 Å². The van der Waals surface area contributed by atoms with Gasteiger partial charge in [-0.1, -0.05) is 47.5 Å². The van der Waals surface area contributed by atoms with Crippen LogP contribution in [0.15, 0.2) is 52.4 Å². The molecule has 0 bridgehead atoms. The molecule has 9 heteroatoms. The van der Waals surface area contributed by atoms with Gasteiger partial charge in [0.25, 0.3) is 0 Å². The standard InChI is InChI=1S/C19H24Cl2N4O2S/c1-13(16-10-9-15(20)11-17(16)21)24-19(22-2)23-12-14-7-5-6-8-18(14)28(26,27)25(3)4/h5-11,13H,12H2,1-4H3,(H2,22,23,24). The van der Waals surface area contributed by atoms with Crippen LogP contribution in [-0.4, -0.2) is 39.8 Å². The average molecular weight is 443 g/mol. The predicted octanol–water partition coefficient (Wildman–Crippen LogP) is 3.67. The highest BCUT2D eigenvalue weighted by atomic mass is 35.5. The zero-order valence-corrected chi connectivity index (χ0v) is 18.5. The first-order valence-electron chi connectivity index (χ1n) is 8.59. The van der Waals surface area contributed by atoms with Crippen molar-refractivity contribution in [2.45, 2.75) is 24.4 Å². The second-order valence-electron chi connectivity index (χ2n) is 6.35. The monoisotopic (exact) mass is 442 g/mol. The molecule has 0 saturated heterocycles. The van der Waals surface area contributed by atoms with Crippen molar-refractivity contribution in [3.05, 3.63) is 63.6 Å². The van der Waals surface area contributed by atoms with Crippen LogP contribution in [-0.2, 0) is 16.6 Å². The predicted molar refractivity (Wildman–Crippen MR) is 116 cm³/mol. The van der Waals surface area contributed by atoms with E-state index in [9.17, 15) is 8.42 Å². The number of nitrogens with zero attached hydrogens (tertiary/aromatic N) is 2. The van der Waals surface area contributed by atoms with E-state index >= 15 is 0 Å². The topological polar surface area (TPSA) is 73.8 Å². The lowest BCUT2D eigenvalue weighted by atomic mass is 10.1. The molecule has 0 spiro atoms. The summed E-state index contributed by atoms with van der Waals surface area (Å²) in [5.74, 6) is 0.524. The minimum Gasteiger partial charge on any atom is -0.352 e.